The number of imide groups is 2. The van der Waals surface area contributed by atoms with Crippen LogP contribution in [0.25, 0.3) is 16.9 Å². The molecule has 0 saturated carbocycles. The molecule has 2 aliphatic heterocycles. The molecule has 0 spiro atoms. The van der Waals surface area contributed by atoms with Gasteiger partial charge in [0, 0.05) is 30.8 Å². The average Bonchev–Trinajstić information content (AvgIpc) is 3.62. The molecule has 2 aliphatic rings. The Hall–Kier alpha value is -6.34. The van der Waals surface area contributed by atoms with Gasteiger partial charge >= 0.3 is 0 Å². The molecule has 16 heteroatoms. The summed E-state index contributed by atoms with van der Waals surface area (Å²) in [6, 6.07) is 13.5. The maximum absolute atomic E-state index is 13.1. The minimum atomic E-state index is -1.07. The fourth-order valence-electron chi connectivity index (χ4n) is 5.31. The largest absolute Gasteiger partial charge is 0.490 e. The molecule has 16 nitrogen and oxygen atoms in total. The van der Waals surface area contributed by atoms with E-state index < -0.39 is 29.7 Å². The first-order valence-electron chi connectivity index (χ1n) is 14.8. The van der Waals surface area contributed by atoms with Crippen molar-refractivity contribution in [3.8, 4) is 28.8 Å². The van der Waals surface area contributed by atoms with E-state index in [1.807, 2.05) is 6.07 Å². The van der Waals surface area contributed by atoms with Crippen molar-refractivity contribution in [1.82, 2.24) is 30.1 Å². The lowest BCUT2D eigenvalue weighted by Gasteiger charge is -2.27. The van der Waals surface area contributed by atoms with E-state index in [-0.39, 0.29) is 85.4 Å². The molecule has 3 N–H and O–H groups in total. The SMILES string of the molecule is N#Cc1c[nH]n2c(=O)cc(-c3ccc(OCC(=O)NCCOCCOc4cccc5c4C(=O)N(C4CCC(=O)NC4=O)C5=O)cc3)nc12. The molecular weight excluding hydrogens is 626 g/mol. The summed E-state index contributed by atoms with van der Waals surface area (Å²) in [5, 5.41) is 16.7. The number of rotatable bonds is 12. The van der Waals surface area contributed by atoms with Crippen LogP contribution in [0.5, 0.6) is 11.5 Å². The summed E-state index contributed by atoms with van der Waals surface area (Å²) in [4.78, 5) is 79.7. The fraction of sp³-hybridized carbons (Fsp3) is 0.250. The molecule has 4 heterocycles. The van der Waals surface area contributed by atoms with Crippen LogP contribution in [0.2, 0.25) is 0 Å². The number of fused-ring (bicyclic) bond motifs is 2. The van der Waals surface area contributed by atoms with Crippen molar-refractivity contribution in [1.29, 1.82) is 5.26 Å². The Kier molecular flexibility index (Phi) is 8.94. The Bertz CT molecular complexity index is 2050. The number of H-pyrrole nitrogens is 1. The van der Waals surface area contributed by atoms with Crippen LogP contribution in [0.15, 0.2) is 59.5 Å². The predicted molar refractivity (Wildman–Crippen MR) is 164 cm³/mol. The van der Waals surface area contributed by atoms with E-state index in [9.17, 15) is 34.0 Å². The van der Waals surface area contributed by atoms with Crippen molar-refractivity contribution in [2.24, 2.45) is 0 Å². The number of benzene rings is 2. The molecule has 1 saturated heterocycles. The third-order valence-corrected chi connectivity index (χ3v) is 7.62. The highest BCUT2D eigenvalue weighted by molar-refractivity contribution is 6.24. The van der Waals surface area contributed by atoms with E-state index in [0.29, 0.717) is 17.0 Å². The number of carbonyl (C=O) groups is 5. The normalized spacial score (nSPS) is 15.6. The predicted octanol–water partition coefficient (Wildman–Crippen LogP) is 0.553. The zero-order chi connectivity index (χ0) is 33.8. The topological polar surface area (TPSA) is 214 Å². The van der Waals surface area contributed by atoms with Crippen molar-refractivity contribution in [2.45, 2.75) is 18.9 Å². The number of nitrogens with zero attached hydrogens (tertiary/aromatic N) is 4. The van der Waals surface area contributed by atoms with Gasteiger partial charge in [0.1, 0.15) is 35.8 Å². The average molecular weight is 654 g/mol. The van der Waals surface area contributed by atoms with Gasteiger partial charge in [-0.25, -0.2) is 9.50 Å². The first kappa shape index (κ1) is 31.6. The fourth-order valence-corrected chi connectivity index (χ4v) is 5.31. The molecule has 0 aliphatic carbocycles. The lowest BCUT2D eigenvalue weighted by Crippen LogP contribution is -2.54. The van der Waals surface area contributed by atoms with E-state index in [1.54, 1.807) is 30.3 Å². The summed E-state index contributed by atoms with van der Waals surface area (Å²) in [6.45, 7) is 0.293. The minimum absolute atomic E-state index is 0.0230. The van der Waals surface area contributed by atoms with Gasteiger partial charge in [-0.05, 0) is 42.8 Å². The number of nitriles is 1. The molecule has 2 aromatic heterocycles. The van der Waals surface area contributed by atoms with Crippen LogP contribution in [0.4, 0.5) is 0 Å². The third kappa shape index (κ3) is 6.34. The molecule has 48 heavy (non-hydrogen) atoms. The van der Waals surface area contributed by atoms with Gasteiger partial charge in [0.15, 0.2) is 12.3 Å². The van der Waals surface area contributed by atoms with Crippen molar-refractivity contribution in [2.75, 3.05) is 33.0 Å². The van der Waals surface area contributed by atoms with Crippen molar-refractivity contribution < 1.29 is 38.2 Å². The number of piperidine rings is 1. The standard InChI is InChI=1S/C32H27N7O9/c33-15-19-16-35-39-27(42)14-22(36-29(19)39)18-4-6-20(7-5-18)48-17-26(41)34-10-11-46-12-13-47-24-3-1-2-21-28(24)32(45)38(31(21)44)23-8-9-25(40)37-30(23)43/h1-7,14,16,23,35H,8-13,17H2,(H,34,41)(H,37,40,43). The molecule has 0 radical (unpaired) electrons. The van der Waals surface area contributed by atoms with Crippen LogP contribution in [0.3, 0.4) is 0 Å². The van der Waals surface area contributed by atoms with Crippen LogP contribution in [-0.2, 0) is 19.1 Å². The van der Waals surface area contributed by atoms with Crippen LogP contribution in [0.1, 0.15) is 39.1 Å². The Morgan fingerprint density at radius 2 is 1.83 bits per heavy atom. The quantitative estimate of drug-likeness (QED) is 0.142. The molecule has 1 atom stereocenters. The first-order valence-corrected chi connectivity index (χ1v) is 14.8. The molecule has 0 bridgehead atoms. The van der Waals surface area contributed by atoms with Crippen molar-refractivity contribution >= 4 is 35.2 Å². The van der Waals surface area contributed by atoms with Crippen LogP contribution in [0, 0.1) is 11.3 Å². The summed E-state index contributed by atoms with van der Waals surface area (Å²) in [5.41, 5.74) is 1.28. The Morgan fingerprint density at radius 3 is 2.60 bits per heavy atom. The number of aromatic nitrogens is 3. The van der Waals surface area contributed by atoms with Gasteiger partial charge in [-0.15, -0.1) is 0 Å². The number of hydrogen-bond acceptors (Lipinski definition) is 11. The summed E-state index contributed by atoms with van der Waals surface area (Å²) in [6.07, 6.45) is 1.48. The third-order valence-electron chi connectivity index (χ3n) is 7.62. The lowest BCUT2D eigenvalue weighted by atomic mass is 10.0. The van der Waals surface area contributed by atoms with Gasteiger partial charge in [0.25, 0.3) is 23.3 Å². The molecular formula is C32H27N7O9. The summed E-state index contributed by atoms with van der Waals surface area (Å²) < 4.78 is 17.9. The minimum Gasteiger partial charge on any atom is -0.490 e. The van der Waals surface area contributed by atoms with Crippen molar-refractivity contribution in [3.63, 3.8) is 0 Å². The highest BCUT2D eigenvalue weighted by Gasteiger charge is 2.46. The highest BCUT2D eigenvalue weighted by Crippen LogP contribution is 2.33. The van der Waals surface area contributed by atoms with Gasteiger partial charge in [-0.1, -0.05) is 6.07 Å². The van der Waals surface area contributed by atoms with Gasteiger partial charge in [-0.2, -0.15) is 5.26 Å². The van der Waals surface area contributed by atoms with Crippen LogP contribution in [-0.4, -0.2) is 88.0 Å². The summed E-state index contributed by atoms with van der Waals surface area (Å²) in [5.74, 6) is -2.22. The second-order valence-electron chi connectivity index (χ2n) is 10.7. The van der Waals surface area contributed by atoms with Gasteiger partial charge in [0.2, 0.25) is 11.8 Å². The number of amides is 5. The summed E-state index contributed by atoms with van der Waals surface area (Å²) >= 11 is 0. The Morgan fingerprint density at radius 1 is 1.02 bits per heavy atom. The number of hydrogen-bond donors (Lipinski definition) is 3. The zero-order valence-corrected chi connectivity index (χ0v) is 25.2. The zero-order valence-electron chi connectivity index (χ0n) is 25.2. The monoisotopic (exact) mass is 653 g/mol. The number of carbonyl (C=O) groups excluding carboxylic acids is 5. The van der Waals surface area contributed by atoms with E-state index >= 15 is 0 Å². The molecule has 5 amide bonds. The molecule has 6 rings (SSSR count). The van der Waals surface area contributed by atoms with Gasteiger partial charge in [-0.3, -0.25) is 44.1 Å². The molecule has 244 valence electrons. The molecule has 4 aromatic rings. The smallest absolute Gasteiger partial charge is 0.273 e. The second-order valence-corrected chi connectivity index (χ2v) is 10.7. The van der Waals surface area contributed by atoms with E-state index in [4.69, 9.17) is 14.2 Å². The molecule has 2 aromatic carbocycles. The van der Waals surface area contributed by atoms with Crippen LogP contribution < -0.4 is 25.7 Å². The van der Waals surface area contributed by atoms with Crippen molar-refractivity contribution in [3.05, 3.63) is 81.8 Å². The van der Waals surface area contributed by atoms with E-state index in [1.165, 1.54) is 28.9 Å². The van der Waals surface area contributed by atoms with Gasteiger partial charge in [0.05, 0.1) is 30.0 Å². The number of aromatic amines is 1. The molecule has 1 fully saturated rings. The molecule has 1 unspecified atom stereocenters. The van der Waals surface area contributed by atoms with E-state index in [2.05, 4.69) is 20.7 Å². The maximum Gasteiger partial charge on any atom is 0.273 e. The first-order chi connectivity index (χ1) is 23.2. The highest BCUT2D eigenvalue weighted by atomic mass is 16.5. The summed E-state index contributed by atoms with van der Waals surface area (Å²) in [7, 11) is 0. The Balaban J connectivity index is 0.912. The number of ether oxygens (including phenoxy) is 3. The lowest BCUT2D eigenvalue weighted by molar-refractivity contribution is -0.136. The second kappa shape index (κ2) is 13.6. The van der Waals surface area contributed by atoms with Gasteiger partial charge < -0.3 is 19.5 Å². The van der Waals surface area contributed by atoms with Crippen LogP contribution >= 0.6 is 0 Å². The van der Waals surface area contributed by atoms with E-state index in [0.717, 1.165) is 4.90 Å². The Labute approximate surface area is 271 Å². The maximum atomic E-state index is 13.1. The number of nitrogens with one attached hydrogen (secondary N) is 3.